The number of ether oxygens (including phenoxy) is 1. The first kappa shape index (κ1) is 8.05. The summed E-state index contributed by atoms with van der Waals surface area (Å²) in [5, 5.41) is 10.1. The SMILES string of the molecule is Cc1cc2c(cc1Cl)COC2O. The van der Waals surface area contributed by atoms with Gasteiger partial charge in [0.25, 0.3) is 0 Å². The number of hydrogen-bond donors (Lipinski definition) is 1. The van der Waals surface area contributed by atoms with Gasteiger partial charge in [-0.05, 0) is 30.2 Å². The van der Waals surface area contributed by atoms with Crippen LogP contribution in [-0.2, 0) is 11.3 Å². The second-order valence-corrected chi connectivity index (χ2v) is 3.37. The molecule has 0 aromatic heterocycles. The Balaban J connectivity index is 2.56. The van der Waals surface area contributed by atoms with Gasteiger partial charge in [-0.1, -0.05) is 11.6 Å². The molecule has 2 rings (SSSR count). The lowest BCUT2D eigenvalue weighted by atomic mass is 10.1. The Morgan fingerprint density at radius 1 is 1.58 bits per heavy atom. The monoisotopic (exact) mass is 184 g/mol. The van der Waals surface area contributed by atoms with E-state index in [1.165, 1.54) is 0 Å². The molecule has 2 nitrogen and oxygen atoms in total. The molecule has 0 radical (unpaired) electrons. The standard InChI is InChI=1S/C9H9ClO2/c1-5-2-7-6(3-8(5)10)4-12-9(7)11/h2-3,9,11H,4H2,1H3. The third-order valence-electron chi connectivity index (χ3n) is 2.08. The summed E-state index contributed by atoms with van der Waals surface area (Å²) in [7, 11) is 0. The lowest BCUT2D eigenvalue weighted by Crippen LogP contribution is -1.92. The number of aliphatic hydroxyl groups is 1. The smallest absolute Gasteiger partial charge is 0.181 e. The molecule has 3 heteroatoms. The highest BCUT2D eigenvalue weighted by Gasteiger charge is 2.21. The highest BCUT2D eigenvalue weighted by molar-refractivity contribution is 6.31. The van der Waals surface area contributed by atoms with Gasteiger partial charge in [-0.25, -0.2) is 0 Å². The molecule has 0 fully saturated rings. The molecule has 1 aliphatic heterocycles. The third kappa shape index (κ3) is 1.12. The van der Waals surface area contributed by atoms with E-state index < -0.39 is 6.29 Å². The number of aryl methyl sites for hydroxylation is 1. The van der Waals surface area contributed by atoms with Gasteiger partial charge >= 0.3 is 0 Å². The van der Waals surface area contributed by atoms with Crippen molar-refractivity contribution in [3.63, 3.8) is 0 Å². The summed E-state index contributed by atoms with van der Waals surface area (Å²) < 4.78 is 5.03. The Morgan fingerprint density at radius 3 is 3.08 bits per heavy atom. The first-order valence-electron chi connectivity index (χ1n) is 3.77. The van der Waals surface area contributed by atoms with Gasteiger partial charge in [-0.2, -0.15) is 0 Å². The molecule has 64 valence electrons. The fourth-order valence-electron chi connectivity index (χ4n) is 1.36. The lowest BCUT2D eigenvalue weighted by molar-refractivity contribution is -0.0918. The van der Waals surface area contributed by atoms with Crippen LogP contribution in [0.5, 0.6) is 0 Å². The minimum atomic E-state index is -0.768. The van der Waals surface area contributed by atoms with Gasteiger partial charge in [0.15, 0.2) is 6.29 Å². The molecular formula is C9H9ClO2. The van der Waals surface area contributed by atoms with Crippen molar-refractivity contribution in [2.24, 2.45) is 0 Å². The number of fused-ring (bicyclic) bond motifs is 1. The zero-order chi connectivity index (χ0) is 8.72. The van der Waals surface area contributed by atoms with E-state index in [2.05, 4.69) is 0 Å². The fraction of sp³-hybridized carbons (Fsp3) is 0.333. The van der Waals surface area contributed by atoms with Gasteiger partial charge in [-0.15, -0.1) is 0 Å². The van der Waals surface area contributed by atoms with Crippen molar-refractivity contribution in [1.82, 2.24) is 0 Å². The molecular weight excluding hydrogens is 176 g/mol. The van der Waals surface area contributed by atoms with Gasteiger partial charge in [-0.3, -0.25) is 0 Å². The van der Waals surface area contributed by atoms with Crippen LogP contribution in [0.1, 0.15) is 23.0 Å². The summed E-state index contributed by atoms with van der Waals surface area (Å²) in [5.74, 6) is 0. The first-order chi connectivity index (χ1) is 5.68. The summed E-state index contributed by atoms with van der Waals surface area (Å²) in [6, 6.07) is 3.72. The van der Waals surface area contributed by atoms with Crippen LogP contribution in [0.4, 0.5) is 0 Å². The van der Waals surface area contributed by atoms with Gasteiger partial charge in [0.2, 0.25) is 0 Å². The van der Waals surface area contributed by atoms with Crippen molar-refractivity contribution >= 4 is 11.6 Å². The zero-order valence-corrected chi connectivity index (χ0v) is 7.43. The Kier molecular flexibility index (Phi) is 1.83. The van der Waals surface area contributed by atoms with Crippen LogP contribution in [0.3, 0.4) is 0 Å². The minimum Gasteiger partial charge on any atom is -0.364 e. The summed E-state index contributed by atoms with van der Waals surface area (Å²) in [6.07, 6.45) is -0.768. The molecule has 0 saturated carbocycles. The van der Waals surface area contributed by atoms with Crippen LogP contribution in [-0.4, -0.2) is 5.11 Å². The van der Waals surface area contributed by atoms with E-state index in [-0.39, 0.29) is 0 Å². The van der Waals surface area contributed by atoms with Gasteiger partial charge in [0.05, 0.1) is 6.61 Å². The molecule has 0 saturated heterocycles. The van der Waals surface area contributed by atoms with Crippen molar-refractivity contribution < 1.29 is 9.84 Å². The highest BCUT2D eigenvalue weighted by Crippen LogP contribution is 2.32. The Labute approximate surface area is 75.7 Å². The van der Waals surface area contributed by atoms with Gasteiger partial charge in [0.1, 0.15) is 0 Å². The number of halogens is 1. The van der Waals surface area contributed by atoms with E-state index in [0.29, 0.717) is 6.61 Å². The molecule has 1 atom stereocenters. The van der Waals surface area contributed by atoms with Crippen molar-refractivity contribution in [2.45, 2.75) is 19.8 Å². The second kappa shape index (κ2) is 2.73. The van der Waals surface area contributed by atoms with E-state index in [4.69, 9.17) is 16.3 Å². The second-order valence-electron chi connectivity index (χ2n) is 2.96. The van der Waals surface area contributed by atoms with Crippen LogP contribution < -0.4 is 0 Å². The maximum atomic E-state index is 9.33. The summed E-state index contributed by atoms with van der Waals surface area (Å²) in [6.45, 7) is 2.37. The largest absolute Gasteiger partial charge is 0.364 e. The van der Waals surface area contributed by atoms with Gasteiger partial charge < -0.3 is 9.84 Å². The van der Waals surface area contributed by atoms with E-state index in [0.717, 1.165) is 21.7 Å². The van der Waals surface area contributed by atoms with Crippen LogP contribution in [0, 0.1) is 6.92 Å². The topological polar surface area (TPSA) is 29.5 Å². The molecule has 0 amide bonds. The molecule has 1 aromatic rings. The fourth-order valence-corrected chi connectivity index (χ4v) is 1.54. The van der Waals surface area contributed by atoms with Crippen LogP contribution >= 0.6 is 11.6 Å². The molecule has 0 spiro atoms. The first-order valence-corrected chi connectivity index (χ1v) is 4.15. The molecule has 12 heavy (non-hydrogen) atoms. The molecule has 0 aliphatic carbocycles. The average molecular weight is 185 g/mol. The minimum absolute atomic E-state index is 0.455. The van der Waals surface area contributed by atoms with E-state index in [1.807, 2.05) is 19.1 Å². The number of rotatable bonds is 0. The van der Waals surface area contributed by atoms with Crippen LogP contribution in [0.25, 0.3) is 0 Å². The van der Waals surface area contributed by atoms with E-state index >= 15 is 0 Å². The van der Waals surface area contributed by atoms with Crippen molar-refractivity contribution in [1.29, 1.82) is 0 Å². The van der Waals surface area contributed by atoms with Gasteiger partial charge in [0, 0.05) is 10.6 Å². The van der Waals surface area contributed by atoms with E-state index in [1.54, 1.807) is 0 Å². The van der Waals surface area contributed by atoms with Crippen LogP contribution in [0.2, 0.25) is 5.02 Å². The lowest BCUT2D eigenvalue weighted by Gasteiger charge is -2.04. The predicted octanol–water partition coefficient (Wildman–Crippen LogP) is 2.17. The quantitative estimate of drug-likeness (QED) is 0.670. The molecule has 1 heterocycles. The molecule has 1 aromatic carbocycles. The highest BCUT2D eigenvalue weighted by atomic mass is 35.5. The zero-order valence-electron chi connectivity index (χ0n) is 6.67. The molecule has 1 N–H and O–H groups in total. The molecule has 1 aliphatic rings. The summed E-state index contributed by atoms with van der Waals surface area (Å²) >= 11 is 5.90. The molecule has 1 unspecified atom stereocenters. The Bertz CT molecular complexity index is 323. The number of hydrogen-bond acceptors (Lipinski definition) is 2. The maximum Gasteiger partial charge on any atom is 0.181 e. The van der Waals surface area contributed by atoms with Crippen molar-refractivity contribution in [3.8, 4) is 0 Å². The van der Waals surface area contributed by atoms with Crippen molar-refractivity contribution in [3.05, 3.63) is 33.8 Å². The Hall–Kier alpha value is -0.570. The van der Waals surface area contributed by atoms with Crippen molar-refractivity contribution in [2.75, 3.05) is 0 Å². The molecule has 0 bridgehead atoms. The van der Waals surface area contributed by atoms with Crippen LogP contribution in [0.15, 0.2) is 12.1 Å². The van der Waals surface area contributed by atoms with E-state index in [9.17, 15) is 5.11 Å². The number of benzene rings is 1. The predicted molar refractivity (Wildman–Crippen MR) is 45.9 cm³/mol. The third-order valence-corrected chi connectivity index (χ3v) is 2.49. The average Bonchev–Trinajstić information content (AvgIpc) is 2.35. The summed E-state index contributed by atoms with van der Waals surface area (Å²) in [5.41, 5.74) is 2.80. The Morgan fingerprint density at radius 2 is 2.33 bits per heavy atom. The summed E-state index contributed by atoms with van der Waals surface area (Å²) in [4.78, 5) is 0. The maximum absolute atomic E-state index is 9.33. The normalized spacial score (nSPS) is 21.1. The number of aliphatic hydroxyl groups excluding tert-OH is 1.